The number of carbonyl (C=O) groups is 3. The fourth-order valence-corrected chi connectivity index (χ4v) is 3.56. The van der Waals surface area contributed by atoms with Gasteiger partial charge < -0.3 is 21.7 Å². The van der Waals surface area contributed by atoms with Gasteiger partial charge in [0.05, 0.1) is 33.8 Å². The molecular weight excluding hydrogens is 370 g/mol. The van der Waals surface area contributed by atoms with E-state index in [0.29, 0.717) is 11.3 Å². The number of anilines is 4. The van der Waals surface area contributed by atoms with Crippen molar-refractivity contribution in [3.05, 3.63) is 87.1 Å². The van der Waals surface area contributed by atoms with Crippen LogP contribution >= 0.6 is 0 Å². The Kier molecular flexibility index (Phi) is 4.17. The zero-order valence-electron chi connectivity index (χ0n) is 15.4. The van der Waals surface area contributed by atoms with Crippen LogP contribution in [-0.2, 0) is 0 Å². The van der Waals surface area contributed by atoms with Gasteiger partial charge in [-0.05, 0) is 19.1 Å². The number of rotatable bonds is 3. The van der Waals surface area contributed by atoms with Crippen molar-refractivity contribution in [2.45, 2.75) is 6.92 Å². The Hall–Kier alpha value is -3.97. The summed E-state index contributed by atoms with van der Waals surface area (Å²) in [7, 11) is 0. The van der Waals surface area contributed by atoms with Gasteiger partial charge in [-0.3, -0.25) is 14.4 Å². The maximum Gasteiger partial charge on any atom is 0.196 e. The van der Waals surface area contributed by atoms with Gasteiger partial charge >= 0.3 is 0 Å². The summed E-state index contributed by atoms with van der Waals surface area (Å²) in [6.45, 7) is 1.86. The lowest BCUT2D eigenvalue weighted by Gasteiger charge is -2.35. The van der Waals surface area contributed by atoms with E-state index in [9.17, 15) is 19.6 Å². The largest absolute Gasteiger partial charge is 0.754 e. The lowest BCUT2D eigenvalue weighted by atomic mass is 9.80. The summed E-state index contributed by atoms with van der Waals surface area (Å²) >= 11 is 0. The molecule has 0 bridgehead atoms. The first kappa shape index (κ1) is 18.4. The van der Waals surface area contributed by atoms with Gasteiger partial charge in [-0.2, -0.15) is 0 Å². The van der Waals surface area contributed by atoms with Crippen molar-refractivity contribution < 1.29 is 14.4 Å². The molecular formula is C22H16N3O4-. The molecule has 0 fully saturated rings. The molecule has 0 saturated heterocycles. The van der Waals surface area contributed by atoms with Gasteiger partial charge in [0.25, 0.3) is 0 Å². The molecule has 0 heterocycles. The zero-order valence-corrected chi connectivity index (χ0v) is 15.4. The van der Waals surface area contributed by atoms with Crippen molar-refractivity contribution in [3.8, 4) is 0 Å². The monoisotopic (exact) mass is 386 g/mol. The molecule has 4 N–H and O–H groups in total. The number of hydrogen-bond donors (Lipinski definition) is 2. The third-order valence-corrected chi connectivity index (χ3v) is 5.05. The molecule has 0 unspecified atom stereocenters. The Morgan fingerprint density at radius 3 is 1.90 bits per heavy atom. The van der Waals surface area contributed by atoms with Crippen LogP contribution in [0.3, 0.4) is 0 Å². The fourth-order valence-electron chi connectivity index (χ4n) is 3.56. The third kappa shape index (κ3) is 2.60. The van der Waals surface area contributed by atoms with E-state index >= 15 is 0 Å². The van der Waals surface area contributed by atoms with E-state index in [-0.39, 0.29) is 50.6 Å². The number of carbonyl (C=O) groups excluding carboxylic acids is 3. The highest BCUT2D eigenvalue weighted by atomic mass is 16.5. The van der Waals surface area contributed by atoms with Gasteiger partial charge in [0, 0.05) is 16.8 Å². The van der Waals surface area contributed by atoms with Crippen molar-refractivity contribution in [3.63, 3.8) is 0 Å². The van der Waals surface area contributed by atoms with E-state index in [1.54, 1.807) is 36.4 Å². The SMILES string of the molecule is Cc1ccc(N([O-])c2c(N)c3c(c(N)c2C=O)C(=O)c2ccccc2C3=O)cc1. The first-order valence-corrected chi connectivity index (χ1v) is 8.79. The third-order valence-electron chi connectivity index (χ3n) is 5.05. The lowest BCUT2D eigenvalue weighted by molar-refractivity contribution is 0.0980. The molecule has 3 aromatic carbocycles. The predicted molar refractivity (Wildman–Crippen MR) is 111 cm³/mol. The molecule has 29 heavy (non-hydrogen) atoms. The Morgan fingerprint density at radius 1 is 0.862 bits per heavy atom. The molecule has 0 spiro atoms. The van der Waals surface area contributed by atoms with Crippen molar-refractivity contribution in [1.29, 1.82) is 0 Å². The van der Waals surface area contributed by atoms with Crippen molar-refractivity contribution in [1.82, 2.24) is 0 Å². The summed E-state index contributed by atoms with van der Waals surface area (Å²) in [4.78, 5) is 37.9. The van der Waals surface area contributed by atoms with Crippen LogP contribution in [0.5, 0.6) is 0 Å². The second-order valence-electron chi connectivity index (χ2n) is 6.79. The van der Waals surface area contributed by atoms with Crippen LogP contribution < -0.4 is 16.5 Å². The minimum atomic E-state index is -0.518. The van der Waals surface area contributed by atoms with Crippen molar-refractivity contribution >= 4 is 40.6 Å². The highest BCUT2D eigenvalue weighted by molar-refractivity contribution is 6.33. The zero-order chi connectivity index (χ0) is 20.9. The van der Waals surface area contributed by atoms with Gasteiger partial charge in [-0.1, -0.05) is 42.0 Å². The molecule has 0 atom stereocenters. The number of nitrogen functional groups attached to an aromatic ring is 2. The topological polar surface area (TPSA) is 130 Å². The van der Waals surface area contributed by atoms with Gasteiger partial charge in [-0.25, -0.2) is 0 Å². The van der Waals surface area contributed by atoms with Crippen LogP contribution in [0.4, 0.5) is 22.7 Å². The van der Waals surface area contributed by atoms with Crippen LogP contribution in [0, 0.1) is 12.1 Å². The number of aryl methyl sites for hydroxylation is 1. The average molecular weight is 386 g/mol. The van der Waals surface area contributed by atoms with E-state index in [1.165, 1.54) is 12.1 Å². The smallest absolute Gasteiger partial charge is 0.196 e. The highest BCUT2D eigenvalue weighted by Crippen LogP contribution is 2.44. The first-order valence-electron chi connectivity index (χ1n) is 8.79. The predicted octanol–water partition coefficient (Wildman–Crippen LogP) is 3.38. The first-order chi connectivity index (χ1) is 13.9. The summed E-state index contributed by atoms with van der Waals surface area (Å²) in [5, 5.41) is 13.5. The van der Waals surface area contributed by atoms with Crippen LogP contribution in [-0.4, -0.2) is 17.9 Å². The molecule has 0 amide bonds. The number of nitrogens with zero attached hydrogens (tertiary/aromatic N) is 1. The molecule has 7 nitrogen and oxygen atoms in total. The number of aldehydes is 1. The number of fused-ring (bicyclic) bond motifs is 2. The summed E-state index contributed by atoms with van der Waals surface area (Å²) in [5.41, 5.74) is 12.5. The molecule has 0 saturated carbocycles. The quantitative estimate of drug-likeness (QED) is 0.313. The van der Waals surface area contributed by atoms with Gasteiger partial charge in [-0.15, -0.1) is 0 Å². The van der Waals surface area contributed by atoms with Crippen LogP contribution in [0.15, 0.2) is 48.5 Å². The second kappa shape index (κ2) is 6.57. The van der Waals surface area contributed by atoms with Gasteiger partial charge in [0.2, 0.25) is 0 Å². The Balaban J connectivity index is 2.02. The minimum absolute atomic E-state index is 0.144. The Bertz CT molecular complexity index is 1200. The molecule has 0 aliphatic heterocycles. The Morgan fingerprint density at radius 2 is 1.38 bits per heavy atom. The summed E-state index contributed by atoms with van der Waals surface area (Å²) in [6, 6.07) is 12.9. The summed E-state index contributed by atoms with van der Waals surface area (Å²) < 4.78 is 0. The highest BCUT2D eigenvalue weighted by Gasteiger charge is 2.36. The minimum Gasteiger partial charge on any atom is -0.754 e. The number of ketones is 2. The fraction of sp³-hybridized carbons (Fsp3) is 0.0455. The molecule has 0 radical (unpaired) electrons. The summed E-state index contributed by atoms with van der Waals surface area (Å²) in [5.74, 6) is -1.03. The second-order valence-corrected chi connectivity index (χ2v) is 6.79. The molecule has 0 aromatic heterocycles. The average Bonchev–Trinajstić information content (AvgIpc) is 2.73. The summed E-state index contributed by atoms with van der Waals surface area (Å²) in [6.07, 6.45) is 0.374. The van der Waals surface area contributed by atoms with E-state index < -0.39 is 11.6 Å². The Labute approximate surface area is 166 Å². The van der Waals surface area contributed by atoms with Crippen LogP contribution in [0.25, 0.3) is 0 Å². The van der Waals surface area contributed by atoms with Crippen molar-refractivity contribution in [2.24, 2.45) is 0 Å². The van der Waals surface area contributed by atoms with E-state index in [4.69, 9.17) is 11.5 Å². The van der Waals surface area contributed by atoms with E-state index in [0.717, 1.165) is 5.56 Å². The number of nitrogens with two attached hydrogens (primary N) is 2. The maximum atomic E-state index is 13.1. The molecule has 1 aliphatic rings. The number of hydrogen-bond acceptors (Lipinski definition) is 7. The number of benzene rings is 3. The van der Waals surface area contributed by atoms with E-state index in [1.807, 2.05) is 6.92 Å². The van der Waals surface area contributed by atoms with Gasteiger partial charge in [0.15, 0.2) is 17.9 Å². The van der Waals surface area contributed by atoms with Gasteiger partial charge in [0.1, 0.15) is 0 Å². The maximum absolute atomic E-state index is 13.1. The normalized spacial score (nSPS) is 12.3. The molecule has 144 valence electrons. The van der Waals surface area contributed by atoms with Crippen LogP contribution in [0.2, 0.25) is 0 Å². The standard InChI is InChI=1S/C22H16N3O4/c1-11-6-8-12(9-7-11)25(29)20-15(10-26)18(23)16-17(19(20)24)22(28)14-5-3-2-4-13(14)21(16)27/h2-10H,23-24H2,1H3/q-1. The molecule has 1 aliphatic carbocycles. The lowest BCUT2D eigenvalue weighted by Crippen LogP contribution is -2.26. The molecule has 4 rings (SSSR count). The van der Waals surface area contributed by atoms with E-state index in [2.05, 4.69) is 0 Å². The molecule has 3 aromatic rings. The van der Waals surface area contributed by atoms with Crippen molar-refractivity contribution in [2.75, 3.05) is 16.5 Å². The molecule has 7 heteroatoms. The van der Waals surface area contributed by atoms with Crippen LogP contribution in [0.1, 0.15) is 47.8 Å².